The van der Waals surface area contributed by atoms with Crippen LogP contribution in [-0.2, 0) is 20.0 Å². The standard InChI is InChI=1S/C19H17F3N6O3/c1-27-10-24-9-15(18(27)30)25-16-14-8-23-7-6-13(14)17(29)28(26-16)11-2-4-12(5-3-11)31-19(20,21)22/h2-5,9-10,23H,6-8H2,1H3,(H,25,26). The van der Waals surface area contributed by atoms with Crippen molar-refractivity contribution < 1.29 is 17.9 Å². The number of aryl methyl sites for hydroxylation is 1. The zero-order valence-electron chi connectivity index (χ0n) is 16.2. The fourth-order valence-electron chi connectivity index (χ4n) is 3.26. The van der Waals surface area contributed by atoms with Crippen LogP contribution in [0.2, 0.25) is 0 Å². The number of ether oxygens (including phenoxy) is 1. The maximum absolute atomic E-state index is 13.0. The first kappa shape index (κ1) is 20.6. The van der Waals surface area contributed by atoms with E-state index in [0.717, 1.165) is 16.8 Å². The number of halogens is 3. The van der Waals surface area contributed by atoms with Gasteiger partial charge in [0.15, 0.2) is 5.82 Å². The molecule has 0 atom stereocenters. The zero-order chi connectivity index (χ0) is 22.2. The van der Waals surface area contributed by atoms with E-state index in [4.69, 9.17) is 0 Å². The first-order chi connectivity index (χ1) is 14.7. The molecule has 3 aromatic rings. The number of alkyl halides is 3. The minimum absolute atomic E-state index is 0.171. The second-order valence-electron chi connectivity index (χ2n) is 6.84. The molecule has 31 heavy (non-hydrogen) atoms. The SMILES string of the molecule is Cn1cncc(Nc2nn(-c3ccc(OC(F)(F)F)cc3)c(=O)c3c2CNCC3)c1=O. The van der Waals surface area contributed by atoms with Gasteiger partial charge in [0, 0.05) is 24.7 Å². The number of hydrogen-bond acceptors (Lipinski definition) is 7. The molecule has 1 aliphatic rings. The molecule has 0 spiro atoms. The Hall–Kier alpha value is -3.67. The van der Waals surface area contributed by atoms with Gasteiger partial charge in [-0.15, -0.1) is 18.3 Å². The van der Waals surface area contributed by atoms with Crippen LogP contribution in [0.1, 0.15) is 11.1 Å². The summed E-state index contributed by atoms with van der Waals surface area (Å²) in [7, 11) is 1.55. The van der Waals surface area contributed by atoms with Crippen LogP contribution < -0.4 is 26.5 Å². The Bertz CT molecular complexity index is 1230. The summed E-state index contributed by atoms with van der Waals surface area (Å²) in [4.78, 5) is 29.3. The molecule has 12 heteroatoms. The third kappa shape index (κ3) is 4.28. The summed E-state index contributed by atoms with van der Waals surface area (Å²) < 4.78 is 43.5. The van der Waals surface area contributed by atoms with Gasteiger partial charge in [0.05, 0.1) is 18.2 Å². The Labute approximate surface area is 173 Å². The number of nitrogens with one attached hydrogen (secondary N) is 2. The van der Waals surface area contributed by atoms with Crippen molar-refractivity contribution in [3.05, 3.63) is 68.6 Å². The molecule has 2 N–H and O–H groups in total. The third-order valence-corrected chi connectivity index (χ3v) is 4.72. The van der Waals surface area contributed by atoms with Crippen molar-refractivity contribution in [1.29, 1.82) is 0 Å². The van der Waals surface area contributed by atoms with Crippen LogP contribution in [0, 0.1) is 0 Å². The van der Waals surface area contributed by atoms with E-state index in [0.29, 0.717) is 30.6 Å². The lowest BCUT2D eigenvalue weighted by Gasteiger charge is -2.21. The monoisotopic (exact) mass is 434 g/mol. The van der Waals surface area contributed by atoms with Crippen molar-refractivity contribution in [1.82, 2.24) is 24.6 Å². The predicted molar refractivity (Wildman–Crippen MR) is 105 cm³/mol. The van der Waals surface area contributed by atoms with Crippen molar-refractivity contribution in [3.63, 3.8) is 0 Å². The van der Waals surface area contributed by atoms with Crippen molar-refractivity contribution in [2.75, 3.05) is 11.9 Å². The van der Waals surface area contributed by atoms with E-state index in [1.54, 1.807) is 7.05 Å². The average molecular weight is 434 g/mol. The van der Waals surface area contributed by atoms with Crippen LogP contribution in [0.25, 0.3) is 5.69 Å². The summed E-state index contributed by atoms with van der Waals surface area (Å²) in [6.45, 7) is 0.957. The quantitative estimate of drug-likeness (QED) is 0.643. The third-order valence-electron chi connectivity index (χ3n) is 4.72. The van der Waals surface area contributed by atoms with Crippen LogP contribution in [0.5, 0.6) is 5.75 Å². The van der Waals surface area contributed by atoms with E-state index in [1.807, 2.05) is 0 Å². The molecule has 0 amide bonds. The molecule has 0 radical (unpaired) electrons. The highest BCUT2D eigenvalue weighted by molar-refractivity contribution is 5.59. The van der Waals surface area contributed by atoms with Gasteiger partial charge in [0.2, 0.25) is 0 Å². The summed E-state index contributed by atoms with van der Waals surface area (Å²) in [5, 5.41) is 10.4. The van der Waals surface area contributed by atoms with E-state index in [-0.39, 0.29) is 28.3 Å². The molecule has 3 heterocycles. The van der Waals surface area contributed by atoms with Crippen LogP contribution in [0.4, 0.5) is 24.7 Å². The molecule has 0 fully saturated rings. The van der Waals surface area contributed by atoms with Gasteiger partial charge in [-0.1, -0.05) is 0 Å². The Morgan fingerprint density at radius 2 is 1.87 bits per heavy atom. The second kappa shape index (κ2) is 7.87. The average Bonchev–Trinajstić information content (AvgIpc) is 2.73. The van der Waals surface area contributed by atoms with E-state index >= 15 is 0 Å². The molecule has 0 saturated heterocycles. The molecule has 0 saturated carbocycles. The van der Waals surface area contributed by atoms with Crippen molar-refractivity contribution in [3.8, 4) is 11.4 Å². The van der Waals surface area contributed by atoms with Crippen LogP contribution in [-0.4, -0.2) is 32.2 Å². The van der Waals surface area contributed by atoms with Gasteiger partial charge in [-0.05, 0) is 37.2 Å². The smallest absolute Gasteiger partial charge is 0.406 e. The Balaban J connectivity index is 1.79. The molecule has 0 aliphatic carbocycles. The fourth-order valence-corrected chi connectivity index (χ4v) is 3.26. The lowest BCUT2D eigenvalue weighted by molar-refractivity contribution is -0.274. The fraction of sp³-hybridized carbons (Fsp3) is 0.263. The highest BCUT2D eigenvalue weighted by Gasteiger charge is 2.31. The highest BCUT2D eigenvalue weighted by Crippen LogP contribution is 2.25. The number of aromatic nitrogens is 4. The van der Waals surface area contributed by atoms with E-state index in [1.165, 1.54) is 29.2 Å². The lowest BCUT2D eigenvalue weighted by atomic mass is 10.0. The normalized spacial score (nSPS) is 13.5. The molecular weight excluding hydrogens is 417 g/mol. The Kier molecular flexibility index (Phi) is 5.23. The van der Waals surface area contributed by atoms with Gasteiger partial charge in [0.25, 0.3) is 11.1 Å². The summed E-state index contributed by atoms with van der Waals surface area (Å²) in [6.07, 6.45) is -1.66. The molecule has 4 rings (SSSR count). The number of nitrogens with zero attached hydrogens (tertiary/aromatic N) is 4. The predicted octanol–water partition coefficient (Wildman–Crippen LogP) is 1.61. The molecule has 0 bridgehead atoms. The van der Waals surface area contributed by atoms with Crippen molar-refractivity contribution in [2.45, 2.75) is 19.3 Å². The van der Waals surface area contributed by atoms with Gasteiger partial charge in [-0.2, -0.15) is 4.68 Å². The molecule has 1 aliphatic heterocycles. The number of fused-ring (bicyclic) bond motifs is 1. The van der Waals surface area contributed by atoms with Gasteiger partial charge < -0.3 is 19.9 Å². The topological polar surface area (TPSA) is 103 Å². The van der Waals surface area contributed by atoms with Gasteiger partial charge in [-0.3, -0.25) is 9.59 Å². The highest BCUT2D eigenvalue weighted by atomic mass is 19.4. The largest absolute Gasteiger partial charge is 0.573 e. The number of benzene rings is 1. The summed E-state index contributed by atoms with van der Waals surface area (Å²) >= 11 is 0. The molecule has 9 nitrogen and oxygen atoms in total. The summed E-state index contributed by atoms with van der Waals surface area (Å²) in [6, 6.07) is 4.80. The molecule has 0 unspecified atom stereocenters. The van der Waals surface area contributed by atoms with Crippen molar-refractivity contribution >= 4 is 11.5 Å². The van der Waals surface area contributed by atoms with Crippen LogP contribution >= 0.6 is 0 Å². The van der Waals surface area contributed by atoms with Gasteiger partial charge in [0.1, 0.15) is 11.4 Å². The van der Waals surface area contributed by atoms with E-state index < -0.39 is 12.1 Å². The number of rotatable bonds is 4. The van der Waals surface area contributed by atoms with Gasteiger partial charge >= 0.3 is 6.36 Å². The first-order valence-corrected chi connectivity index (χ1v) is 9.22. The molecule has 162 valence electrons. The lowest BCUT2D eigenvalue weighted by Crippen LogP contribution is -2.35. The van der Waals surface area contributed by atoms with Crippen molar-refractivity contribution in [2.24, 2.45) is 7.05 Å². The maximum Gasteiger partial charge on any atom is 0.573 e. The zero-order valence-corrected chi connectivity index (χ0v) is 16.2. The van der Waals surface area contributed by atoms with E-state index in [9.17, 15) is 22.8 Å². The van der Waals surface area contributed by atoms with E-state index in [2.05, 4.69) is 25.5 Å². The first-order valence-electron chi connectivity index (χ1n) is 9.22. The van der Waals surface area contributed by atoms with Gasteiger partial charge in [-0.25, -0.2) is 4.98 Å². The van der Waals surface area contributed by atoms with Crippen LogP contribution in [0.3, 0.4) is 0 Å². The Morgan fingerprint density at radius 3 is 2.58 bits per heavy atom. The number of hydrogen-bond donors (Lipinski definition) is 2. The minimum atomic E-state index is -4.82. The minimum Gasteiger partial charge on any atom is -0.406 e. The maximum atomic E-state index is 13.0. The molecular formula is C19H17F3N6O3. The molecule has 2 aromatic heterocycles. The summed E-state index contributed by atoms with van der Waals surface area (Å²) in [5.74, 6) is -0.133. The Morgan fingerprint density at radius 1 is 1.13 bits per heavy atom. The second-order valence-corrected chi connectivity index (χ2v) is 6.84. The van der Waals surface area contributed by atoms with Crippen LogP contribution in [0.15, 0.2) is 46.4 Å². The number of anilines is 2. The molecule has 1 aromatic carbocycles. The summed E-state index contributed by atoms with van der Waals surface area (Å²) in [5.41, 5.74) is 0.835.